The number of aromatic amines is 2. The zero-order chi connectivity index (χ0) is 17.9. The maximum absolute atomic E-state index is 12.7. The van der Waals surface area contributed by atoms with Gasteiger partial charge in [0.15, 0.2) is 0 Å². The minimum atomic E-state index is -0.222. The van der Waals surface area contributed by atoms with Crippen LogP contribution in [0.3, 0.4) is 0 Å². The summed E-state index contributed by atoms with van der Waals surface area (Å²) in [6.45, 7) is 4.39. The number of H-pyrrole nitrogens is 2. The predicted molar refractivity (Wildman–Crippen MR) is 104 cm³/mol. The van der Waals surface area contributed by atoms with Gasteiger partial charge < -0.3 is 20.2 Å². The molecule has 7 heteroatoms. The van der Waals surface area contributed by atoms with Gasteiger partial charge in [0.25, 0.3) is 0 Å². The van der Waals surface area contributed by atoms with Gasteiger partial charge in [-0.2, -0.15) is 0 Å². The Kier molecular flexibility index (Phi) is 4.97. The average molecular weight is 357 g/mol. The first kappa shape index (κ1) is 17.1. The molecule has 140 valence electrons. The number of benzene rings is 1. The number of likely N-dealkylation sites (tertiary alicyclic amines) is 1. The molecule has 3 N–H and O–H groups in total. The van der Waals surface area contributed by atoms with E-state index in [9.17, 15) is 9.59 Å². The Labute approximate surface area is 152 Å². The third kappa shape index (κ3) is 3.77. The zero-order valence-corrected chi connectivity index (χ0v) is 15.1. The van der Waals surface area contributed by atoms with E-state index in [-0.39, 0.29) is 11.6 Å². The molecule has 0 saturated carbocycles. The first-order valence-corrected chi connectivity index (χ1v) is 9.72. The van der Waals surface area contributed by atoms with E-state index in [0.29, 0.717) is 6.54 Å². The van der Waals surface area contributed by atoms with Gasteiger partial charge in [-0.15, -0.1) is 0 Å². The Morgan fingerprint density at radius 1 is 0.923 bits per heavy atom. The van der Waals surface area contributed by atoms with Crippen LogP contribution in [-0.4, -0.2) is 53.5 Å². The summed E-state index contributed by atoms with van der Waals surface area (Å²) in [5.41, 5.74) is 3.06. The van der Waals surface area contributed by atoms with Crippen molar-refractivity contribution in [2.24, 2.45) is 0 Å². The molecule has 0 aliphatic carbocycles. The highest BCUT2D eigenvalue weighted by atomic mass is 16.2. The number of nitrogens with one attached hydrogen (secondary N) is 3. The molecule has 1 amide bonds. The van der Waals surface area contributed by atoms with Gasteiger partial charge in [0, 0.05) is 13.1 Å². The average Bonchev–Trinajstić information content (AvgIpc) is 3.18. The summed E-state index contributed by atoms with van der Waals surface area (Å²) in [7, 11) is 0. The van der Waals surface area contributed by atoms with Crippen LogP contribution in [0.5, 0.6) is 0 Å². The van der Waals surface area contributed by atoms with Crippen LogP contribution in [0.2, 0.25) is 0 Å². The van der Waals surface area contributed by atoms with Crippen molar-refractivity contribution in [2.45, 2.75) is 38.5 Å². The van der Waals surface area contributed by atoms with Crippen molar-refractivity contribution >= 4 is 28.3 Å². The standard InChI is InChI=1S/C19H27N5O2/c25-18(13-23-7-3-1-2-4-8-23)20-16-11-14-15(22-19(26)21-14)12-17(16)24-9-5-6-10-24/h11-12H,1-10,13H2,(H,20,25)(H2,21,22,26). The molecular formula is C19H27N5O2. The van der Waals surface area contributed by atoms with Crippen LogP contribution in [0, 0.1) is 0 Å². The number of rotatable bonds is 4. The number of carbonyl (C=O) groups is 1. The van der Waals surface area contributed by atoms with E-state index in [1.807, 2.05) is 12.1 Å². The fourth-order valence-corrected chi connectivity index (χ4v) is 4.08. The highest BCUT2D eigenvalue weighted by Gasteiger charge is 2.20. The van der Waals surface area contributed by atoms with Crippen LogP contribution in [-0.2, 0) is 4.79 Å². The summed E-state index contributed by atoms with van der Waals surface area (Å²) in [5.74, 6) is 0.0181. The van der Waals surface area contributed by atoms with Gasteiger partial charge in [-0.05, 0) is 50.9 Å². The number of hydrogen-bond acceptors (Lipinski definition) is 4. The maximum Gasteiger partial charge on any atom is 0.323 e. The van der Waals surface area contributed by atoms with Crippen LogP contribution in [0.1, 0.15) is 38.5 Å². The number of carbonyl (C=O) groups excluding carboxylic acids is 1. The van der Waals surface area contributed by atoms with Crippen molar-refractivity contribution in [1.82, 2.24) is 14.9 Å². The summed E-state index contributed by atoms with van der Waals surface area (Å²) in [5, 5.41) is 3.10. The van der Waals surface area contributed by atoms with Crippen LogP contribution < -0.4 is 15.9 Å². The van der Waals surface area contributed by atoms with Gasteiger partial charge in [0.2, 0.25) is 5.91 Å². The summed E-state index contributed by atoms with van der Waals surface area (Å²) in [4.78, 5) is 34.4. The number of nitrogens with zero attached hydrogens (tertiary/aromatic N) is 2. The van der Waals surface area contributed by atoms with E-state index in [1.165, 1.54) is 25.7 Å². The smallest absolute Gasteiger partial charge is 0.323 e. The lowest BCUT2D eigenvalue weighted by atomic mass is 10.2. The second-order valence-corrected chi connectivity index (χ2v) is 7.43. The lowest BCUT2D eigenvalue weighted by Gasteiger charge is -2.23. The Bertz CT molecular complexity index is 826. The van der Waals surface area contributed by atoms with E-state index in [2.05, 4.69) is 25.1 Å². The molecule has 4 rings (SSSR count). The molecule has 2 aliphatic heterocycles. The molecule has 1 aromatic heterocycles. The van der Waals surface area contributed by atoms with E-state index < -0.39 is 0 Å². The molecular weight excluding hydrogens is 330 g/mol. The largest absolute Gasteiger partial charge is 0.370 e. The number of hydrogen-bond donors (Lipinski definition) is 3. The summed E-state index contributed by atoms with van der Waals surface area (Å²) >= 11 is 0. The Morgan fingerprint density at radius 3 is 2.23 bits per heavy atom. The van der Waals surface area contributed by atoms with Gasteiger partial charge in [-0.3, -0.25) is 9.69 Å². The van der Waals surface area contributed by atoms with Crippen LogP contribution in [0.15, 0.2) is 16.9 Å². The third-order valence-corrected chi connectivity index (χ3v) is 5.42. The van der Waals surface area contributed by atoms with E-state index in [1.54, 1.807) is 0 Å². The number of aromatic nitrogens is 2. The molecule has 7 nitrogen and oxygen atoms in total. The van der Waals surface area contributed by atoms with Gasteiger partial charge in [-0.1, -0.05) is 12.8 Å². The van der Waals surface area contributed by atoms with Crippen molar-refractivity contribution < 1.29 is 4.79 Å². The second kappa shape index (κ2) is 7.53. The number of anilines is 2. The molecule has 26 heavy (non-hydrogen) atoms. The van der Waals surface area contributed by atoms with Gasteiger partial charge in [0.05, 0.1) is 29.0 Å². The molecule has 1 aromatic carbocycles. The fourth-order valence-electron chi connectivity index (χ4n) is 4.08. The second-order valence-electron chi connectivity index (χ2n) is 7.43. The van der Waals surface area contributed by atoms with E-state index in [4.69, 9.17) is 0 Å². The summed E-state index contributed by atoms with van der Waals surface area (Å²) in [6.07, 6.45) is 7.17. The quantitative estimate of drug-likeness (QED) is 0.784. The van der Waals surface area contributed by atoms with Crippen LogP contribution in [0.4, 0.5) is 11.4 Å². The van der Waals surface area contributed by atoms with Crippen molar-refractivity contribution in [3.63, 3.8) is 0 Å². The molecule has 2 fully saturated rings. The molecule has 2 aliphatic rings. The van der Waals surface area contributed by atoms with Crippen LogP contribution in [0.25, 0.3) is 11.0 Å². The van der Waals surface area contributed by atoms with Gasteiger partial charge in [0.1, 0.15) is 0 Å². The predicted octanol–water partition coefficient (Wildman–Crippen LogP) is 2.27. The lowest BCUT2D eigenvalue weighted by molar-refractivity contribution is -0.117. The van der Waals surface area contributed by atoms with Crippen LogP contribution >= 0.6 is 0 Å². The minimum absolute atomic E-state index is 0.0181. The Morgan fingerprint density at radius 2 is 1.54 bits per heavy atom. The molecule has 2 aromatic rings. The molecule has 0 spiro atoms. The van der Waals surface area contributed by atoms with Crippen molar-refractivity contribution in [3.05, 3.63) is 22.6 Å². The lowest BCUT2D eigenvalue weighted by Crippen LogP contribution is -2.34. The molecule has 2 saturated heterocycles. The molecule has 0 atom stereocenters. The molecule has 3 heterocycles. The summed E-state index contributed by atoms with van der Waals surface area (Å²) in [6, 6.07) is 3.85. The number of amides is 1. The van der Waals surface area contributed by atoms with Gasteiger partial charge >= 0.3 is 5.69 Å². The highest BCUT2D eigenvalue weighted by molar-refractivity contribution is 5.99. The van der Waals surface area contributed by atoms with E-state index in [0.717, 1.165) is 61.4 Å². The first-order chi connectivity index (χ1) is 12.7. The van der Waals surface area contributed by atoms with Crippen molar-refractivity contribution in [2.75, 3.05) is 42.9 Å². The maximum atomic E-state index is 12.7. The third-order valence-electron chi connectivity index (χ3n) is 5.42. The Balaban J connectivity index is 1.56. The van der Waals surface area contributed by atoms with E-state index >= 15 is 0 Å². The fraction of sp³-hybridized carbons (Fsp3) is 0.579. The van der Waals surface area contributed by atoms with Gasteiger partial charge in [-0.25, -0.2) is 4.79 Å². The normalized spacial score (nSPS) is 19.0. The Hall–Kier alpha value is -2.28. The number of imidazole rings is 1. The SMILES string of the molecule is O=C(CN1CCCCCC1)Nc1cc2[nH]c(=O)[nH]c2cc1N1CCCC1. The zero-order valence-electron chi connectivity index (χ0n) is 15.1. The minimum Gasteiger partial charge on any atom is -0.370 e. The highest BCUT2D eigenvalue weighted by Crippen LogP contribution is 2.32. The summed E-state index contributed by atoms with van der Waals surface area (Å²) < 4.78 is 0. The molecule has 0 bridgehead atoms. The molecule has 0 unspecified atom stereocenters. The monoisotopic (exact) mass is 357 g/mol. The molecule has 0 radical (unpaired) electrons. The number of fused-ring (bicyclic) bond motifs is 1. The first-order valence-electron chi connectivity index (χ1n) is 9.72. The van der Waals surface area contributed by atoms with Crippen molar-refractivity contribution in [3.8, 4) is 0 Å². The van der Waals surface area contributed by atoms with Crippen molar-refractivity contribution in [1.29, 1.82) is 0 Å². The topological polar surface area (TPSA) is 84.2 Å².